The highest BCUT2D eigenvalue weighted by molar-refractivity contribution is 5.95. The summed E-state index contributed by atoms with van der Waals surface area (Å²) in [5.74, 6) is -2.64. The molecule has 0 saturated carbocycles. The lowest BCUT2D eigenvalue weighted by Gasteiger charge is -2.32. The van der Waals surface area contributed by atoms with Crippen LogP contribution in [0.4, 0.5) is 8.78 Å². The monoisotopic (exact) mass is 312 g/mol. The van der Waals surface area contributed by atoms with E-state index in [2.05, 4.69) is 5.32 Å². The second-order valence-electron chi connectivity index (χ2n) is 5.16. The number of hydrogen-bond acceptors (Lipinski definition) is 3. The molecule has 2 amide bonds. The summed E-state index contributed by atoms with van der Waals surface area (Å²) in [6.07, 6.45) is 1.08. The van der Waals surface area contributed by atoms with Gasteiger partial charge in [0.25, 0.3) is 5.91 Å². The van der Waals surface area contributed by atoms with Gasteiger partial charge in [0.15, 0.2) is 0 Å². The van der Waals surface area contributed by atoms with Crippen molar-refractivity contribution in [3.63, 3.8) is 0 Å². The molecule has 0 radical (unpaired) electrons. The standard InChI is InChI=1S/C15H18F2N2O3/c1-22-9-13(20)19-7-5-10(6-8-19)18-15(21)14-11(16)3-2-4-12(14)17/h2-4,10H,5-9H2,1H3,(H,18,21). The van der Waals surface area contributed by atoms with E-state index in [1.54, 1.807) is 4.90 Å². The molecule has 0 bridgehead atoms. The number of methoxy groups -OCH3 is 1. The lowest BCUT2D eigenvalue weighted by atomic mass is 10.0. The van der Waals surface area contributed by atoms with Crippen LogP contribution in [-0.2, 0) is 9.53 Å². The number of nitrogens with one attached hydrogen (secondary N) is 1. The summed E-state index contributed by atoms with van der Waals surface area (Å²) >= 11 is 0. The molecule has 0 aliphatic carbocycles. The largest absolute Gasteiger partial charge is 0.375 e. The molecule has 1 aromatic carbocycles. The third-order valence-electron chi connectivity index (χ3n) is 3.64. The van der Waals surface area contributed by atoms with Crippen LogP contribution in [0.25, 0.3) is 0 Å². The molecular formula is C15H18F2N2O3. The number of halogens is 2. The zero-order chi connectivity index (χ0) is 16.1. The van der Waals surface area contributed by atoms with E-state index >= 15 is 0 Å². The minimum Gasteiger partial charge on any atom is -0.375 e. The van der Waals surface area contributed by atoms with Crippen LogP contribution in [0.2, 0.25) is 0 Å². The first kappa shape index (κ1) is 16.4. The van der Waals surface area contributed by atoms with Crippen molar-refractivity contribution in [3.05, 3.63) is 35.4 Å². The summed E-state index contributed by atoms with van der Waals surface area (Å²) < 4.78 is 31.9. The summed E-state index contributed by atoms with van der Waals surface area (Å²) in [6.45, 7) is 0.983. The van der Waals surface area contributed by atoms with Crippen LogP contribution in [0, 0.1) is 11.6 Å². The molecule has 5 nitrogen and oxygen atoms in total. The Morgan fingerprint density at radius 2 is 1.86 bits per heavy atom. The molecular weight excluding hydrogens is 294 g/mol. The van der Waals surface area contributed by atoms with Crippen molar-refractivity contribution < 1.29 is 23.1 Å². The molecule has 0 aromatic heterocycles. The van der Waals surface area contributed by atoms with Gasteiger partial charge in [0.05, 0.1) is 0 Å². The molecule has 1 aliphatic heterocycles. The van der Waals surface area contributed by atoms with Crippen molar-refractivity contribution in [2.75, 3.05) is 26.8 Å². The van der Waals surface area contributed by atoms with Crippen molar-refractivity contribution in [2.24, 2.45) is 0 Å². The molecule has 1 saturated heterocycles. The van der Waals surface area contributed by atoms with Gasteiger partial charge in [-0.3, -0.25) is 9.59 Å². The number of rotatable bonds is 4. The van der Waals surface area contributed by atoms with Crippen molar-refractivity contribution >= 4 is 11.8 Å². The Morgan fingerprint density at radius 3 is 2.41 bits per heavy atom. The smallest absolute Gasteiger partial charge is 0.257 e. The van der Waals surface area contributed by atoms with E-state index in [1.807, 2.05) is 0 Å². The van der Waals surface area contributed by atoms with Crippen LogP contribution in [0.1, 0.15) is 23.2 Å². The average molecular weight is 312 g/mol. The second kappa shape index (κ2) is 7.31. The number of benzene rings is 1. The number of hydrogen-bond donors (Lipinski definition) is 1. The number of piperidine rings is 1. The second-order valence-corrected chi connectivity index (χ2v) is 5.16. The Labute approximate surface area is 127 Å². The Balaban J connectivity index is 1.91. The highest BCUT2D eigenvalue weighted by Gasteiger charge is 2.25. The first-order valence-corrected chi connectivity index (χ1v) is 7.04. The average Bonchev–Trinajstić information content (AvgIpc) is 2.48. The summed E-state index contributed by atoms with van der Waals surface area (Å²) in [6, 6.07) is 3.09. The van der Waals surface area contributed by atoms with Crippen LogP contribution >= 0.6 is 0 Å². The molecule has 1 fully saturated rings. The van der Waals surface area contributed by atoms with E-state index in [-0.39, 0.29) is 18.6 Å². The Kier molecular flexibility index (Phi) is 5.43. The third kappa shape index (κ3) is 3.79. The first-order chi connectivity index (χ1) is 10.5. The maximum Gasteiger partial charge on any atom is 0.257 e. The molecule has 0 spiro atoms. The number of carbonyl (C=O) groups excluding carboxylic acids is 2. The highest BCUT2D eigenvalue weighted by atomic mass is 19.1. The fraction of sp³-hybridized carbons (Fsp3) is 0.467. The van der Waals surface area contributed by atoms with E-state index < -0.39 is 23.1 Å². The van der Waals surface area contributed by atoms with Gasteiger partial charge < -0.3 is 15.0 Å². The number of amides is 2. The normalized spacial score (nSPS) is 15.7. The summed E-state index contributed by atoms with van der Waals surface area (Å²) in [7, 11) is 1.45. The summed E-state index contributed by atoms with van der Waals surface area (Å²) in [5.41, 5.74) is -0.569. The Hall–Kier alpha value is -2.02. The van der Waals surface area contributed by atoms with E-state index in [0.717, 1.165) is 12.1 Å². The molecule has 0 atom stereocenters. The fourth-order valence-electron chi connectivity index (χ4n) is 2.46. The summed E-state index contributed by atoms with van der Waals surface area (Å²) in [5, 5.41) is 2.62. The van der Waals surface area contributed by atoms with Crippen LogP contribution in [-0.4, -0.2) is 49.6 Å². The first-order valence-electron chi connectivity index (χ1n) is 7.04. The van der Waals surface area contributed by atoms with Gasteiger partial charge in [0.1, 0.15) is 23.8 Å². The predicted molar refractivity (Wildman–Crippen MR) is 75.3 cm³/mol. The zero-order valence-electron chi connectivity index (χ0n) is 12.3. The van der Waals surface area contributed by atoms with Gasteiger partial charge in [-0.1, -0.05) is 6.07 Å². The minimum atomic E-state index is -0.884. The molecule has 7 heteroatoms. The van der Waals surface area contributed by atoms with Crippen molar-refractivity contribution in [2.45, 2.75) is 18.9 Å². The fourth-order valence-corrected chi connectivity index (χ4v) is 2.46. The van der Waals surface area contributed by atoms with Crippen LogP contribution in [0.5, 0.6) is 0 Å². The van der Waals surface area contributed by atoms with Gasteiger partial charge >= 0.3 is 0 Å². The van der Waals surface area contributed by atoms with E-state index in [9.17, 15) is 18.4 Å². The van der Waals surface area contributed by atoms with Crippen molar-refractivity contribution in [3.8, 4) is 0 Å². The minimum absolute atomic E-state index is 0.0253. The third-order valence-corrected chi connectivity index (χ3v) is 3.64. The lowest BCUT2D eigenvalue weighted by molar-refractivity contribution is -0.136. The van der Waals surface area contributed by atoms with E-state index in [0.29, 0.717) is 25.9 Å². The van der Waals surface area contributed by atoms with Crippen LogP contribution < -0.4 is 5.32 Å². The van der Waals surface area contributed by atoms with Gasteiger partial charge in [0, 0.05) is 26.2 Å². The zero-order valence-corrected chi connectivity index (χ0v) is 12.3. The number of ether oxygens (including phenoxy) is 1. The molecule has 120 valence electrons. The van der Waals surface area contributed by atoms with E-state index in [4.69, 9.17) is 4.74 Å². The molecule has 1 N–H and O–H groups in total. The number of nitrogens with zero attached hydrogens (tertiary/aromatic N) is 1. The van der Waals surface area contributed by atoms with Gasteiger partial charge in [-0.25, -0.2) is 8.78 Å². The maximum atomic E-state index is 13.5. The maximum absolute atomic E-state index is 13.5. The lowest BCUT2D eigenvalue weighted by Crippen LogP contribution is -2.47. The molecule has 1 aromatic rings. The van der Waals surface area contributed by atoms with E-state index in [1.165, 1.54) is 13.2 Å². The van der Waals surface area contributed by atoms with Crippen LogP contribution in [0.15, 0.2) is 18.2 Å². The van der Waals surface area contributed by atoms with Gasteiger partial charge in [-0.15, -0.1) is 0 Å². The topological polar surface area (TPSA) is 58.6 Å². The number of likely N-dealkylation sites (tertiary alicyclic amines) is 1. The molecule has 1 heterocycles. The molecule has 22 heavy (non-hydrogen) atoms. The summed E-state index contributed by atoms with van der Waals surface area (Å²) in [4.78, 5) is 25.3. The Morgan fingerprint density at radius 1 is 1.27 bits per heavy atom. The van der Waals surface area contributed by atoms with Crippen LogP contribution in [0.3, 0.4) is 0 Å². The SMILES string of the molecule is COCC(=O)N1CCC(NC(=O)c2c(F)cccc2F)CC1. The predicted octanol–water partition coefficient (Wildman–Crippen LogP) is 1.33. The number of carbonyl (C=O) groups is 2. The molecule has 1 aliphatic rings. The molecule has 2 rings (SSSR count). The van der Waals surface area contributed by atoms with Gasteiger partial charge in [-0.05, 0) is 25.0 Å². The van der Waals surface area contributed by atoms with Crippen molar-refractivity contribution in [1.29, 1.82) is 0 Å². The highest BCUT2D eigenvalue weighted by Crippen LogP contribution is 2.15. The van der Waals surface area contributed by atoms with Gasteiger partial charge in [0.2, 0.25) is 5.91 Å². The van der Waals surface area contributed by atoms with Gasteiger partial charge in [-0.2, -0.15) is 0 Å². The molecule has 0 unspecified atom stereocenters. The Bertz CT molecular complexity index is 537. The quantitative estimate of drug-likeness (QED) is 0.912. The van der Waals surface area contributed by atoms with Crippen molar-refractivity contribution in [1.82, 2.24) is 10.2 Å².